The molecule has 8 heteroatoms. The summed E-state index contributed by atoms with van der Waals surface area (Å²) in [5.74, 6) is 0. The van der Waals surface area contributed by atoms with E-state index in [0.29, 0.717) is 10.7 Å². The van der Waals surface area contributed by atoms with E-state index < -0.39 is 4.92 Å². The molecule has 0 aliphatic rings. The average Bonchev–Trinajstić information content (AvgIpc) is 2.49. The van der Waals surface area contributed by atoms with Crippen molar-refractivity contribution in [2.75, 3.05) is 5.32 Å². The minimum Gasteiger partial charge on any atom is -0.331 e. The van der Waals surface area contributed by atoms with E-state index in [4.69, 9.17) is 23.8 Å². The third-order valence-corrected chi connectivity index (χ3v) is 3.09. The predicted octanol–water partition coefficient (Wildman–Crippen LogP) is 3.57. The average molecular weight is 335 g/mol. The fourth-order valence-electron chi connectivity index (χ4n) is 1.60. The lowest BCUT2D eigenvalue weighted by molar-refractivity contribution is -0.384. The Morgan fingerprint density at radius 2 is 2.00 bits per heavy atom. The zero-order valence-corrected chi connectivity index (χ0v) is 12.8. The van der Waals surface area contributed by atoms with Crippen LogP contribution in [0.15, 0.2) is 53.6 Å². The molecule has 0 aliphatic heterocycles. The van der Waals surface area contributed by atoms with Gasteiger partial charge < -0.3 is 5.32 Å². The standard InChI is InChI=1S/C14H11ClN4O2S/c15-12-7-6-10(8-13(12)19(20)21)9-16-18-14(22)17-11-4-2-1-3-5-11/h1-9H,(H2,17,18,22)/b16-9-. The summed E-state index contributed by atoms with van der Waals surface area (Å²) in [4.78, 5) is 10.2. The van der Waals surface area contributed by atoms with Gasteiger partial charge in [0.25, 0.3) is 5.69 Å². The van der Waals surface area contributed by atoms with Gasteiger partial charge in [-0.3, -0.25) is 15.5 Å². The van der Waals surface area contributed by atoms with E-state index in [0.717, 1.165) is 5.69 Å². The van der Waals surface area contributed by atoms with E-state index in [1.807, 2.05) is 30.3 Å². The number of nitrogens with one attached hydrogen (secondary N) is 2. The molecule has 2 aromatic rings. The van der Waals surface area contributed by atoms with Gasteiger partial charge in [-0.2, -0.15) is 5.10 Å². The normalized spacial score (nSPS) is 10.4. The van der Waals surface area contributed by atoms with Crippen LogP contribution in [0.3, 0.4) is 0 Å². The van der Waals surface area contributed by atoms with Crippen LogP contribution >= 0.6 is 23.8 Å². The van der Waals surface area contributed by atoms with Gasteiger partial charge in [-0.25, -0.2) is 0 Å². The van der Waals surface area contributed by atoms with Gasteiger partial charge in [0.1, 0.15) is 5.02 Å². The molecule has 0 radical (unpaired) electrons. The Bertz CT molecular complexity index is 722. The lowest BCUT2D eigenvalue weighted by atomic mass is 10.2. The SMILES string of the molecule is O=[N+]([O-])c1cc(/C=N\NC(=S)Nc2ccccc2)ccc1Cl. The van der Waals surface area contributed by atoms with E-state index in [-0.39, 0.29) is 10.7 Å². The minimum absolute atomic E-state index is 0.0800. The van der Waals surface area contributed by atoms with Gasteiger partial charge in [0.15, 0.2) is 5.11 Å². The number of hydrogen-bond donors (Lipinski definition) is 2. The molecule has 0 fully saturated rings. The summed E-state index contributed by atoms with van der Waals surface area (Å²) in [6, 6.07) is 13.8. The first-order valence-electron chi connectivity index (χ1n) is 6.15. The fraction of sp³-hybridized carbons (Fsp3) is 0. The molecule has 2 N–H and O–H groups in total. The molecular weight excluding hydrogens is 324 g/mol. The zero-order valence-electron chi connectivity index (χ0n) is 11.2. The molecule has 0 heterocycles. The van der Waals surface area contributed by atoms with Crippen molar-refractivity contribution in [3.05, 3.63) is 69.2 Å². The number of halogens is 1. The molecule has 0 saturated heterocycles. The Kier molecular flexibility index (Phi) is 5.40. The lowest BCUT2D eigenvalue weighted by Crippen LogP contribution is -2.23. The van der Waals surface area contributed by atoms with E-state index in [1.165, 1.54) is 18.3 Å². The van der Waals surface area contributed by atoms with Crippen molar-refractivity contribution in [3.63, 3.8) is 0 Å². The Hall–Kier alpha value is -2.51. The van der Waals surface area contributed by atoms with Crippen LogP contribution in [0.5, 0.6) is 0 Å². The van der Waals surface area contributed by atoms with Crippen LogP contribution in [0.4, 0.5) is 11.4 Å². The van der Waals surface area contributed by atoms with E-state index >= 15 is 0 Å². The summed E-state index contributed by atoms with van der Waals surface area (Å²) in [6.07, 6.45) is 1.42. The zero-order chi connectivity index (χ0) is 15.9. The van der Waals surface area contributed by atoms with E-state index in [2.05, 4.69) is 15.8 Å². The molecule has 0 atom stereocenters. The minimum atomic E-state index is -0.547. The summed E-state index contributed by atoms with van der Waals surface area (Å²) < 4.78 is 0. The second-order valence-electron chi connectivity index (χ2n) is 4.16. The van der Waals surface area contributed by atoms with Crippen LogP contribution in [0, 0.1) is 10.1 Å². The molecule has 0 bridgehead atoms. The molecule has 22 heavy (non-hydrogen) atoms. The maximum absolute atomic E-state index is 10.8. The van der Waals surface area contributed by atoms with Gasteiger partial charge >= 0.3 is 0 Å². The summed E-state index contributed by atoms with van der Waals surface area (Å²) in [5, 5.41) is 18.0. The smallest absolute Gasteiger partial charge is 0.288 e. The molecule has 112 valence electrons. The number of para-hydroxylation sites is 1. The number of nitrogens with zero attached hydrogens (tertiary/aromatic N) is 2. The number of benzene rings is 2. The number of hydrogen-bond acceptors (Lipinski definition) is 4. The molecule has 0 amide bonds. The van der Waals surface area contributed by atoms with Crippen molar-refractivity contribution in [3.8, 4) is 0 Å². The Morgan fingerprint density at radius 1 is 1.27 bits per heavy atom. The molecular formula is C14H11ClN4O2S. The number of hydrazone groups is 1. The molecule has 6 nitrogen and oxygen atoms in total. The number of nitro groups is 1. The van der Waals surface area contributed by atoms with E-state index in [1.54, 1.807) is 6.07 Å². The van der Waals surface area contributed by atoms with Crippen molar-refractivity contribution < 1.29 is 4.92 Å². The molecule has 2 rings (SSSR count). The number of nitro benzene ring substituents is 1. The van der Waals surface area contributed by atoms with Crippen LogP contribution in [0.2, 0.25) is 5.02 Å². The Balaban J connectivity index is 1.96. The highest BCUT2D eigenvalue weighted by Gasteiger charge is 2.11. The monoisotopic (exact) mass is 334 g/mol. The predicted molar refractivity (Wildman–Crippen MR) is 91.5 cm³/mol. The first-order valence-corrected chi connectivity index (χ1v) is 6.94. The van der Waals surface area contributed by atoms with Gasteiger partial charge in [-0.05, 0) is 30.4 Å². The number of thiocarbonyl (C=S) groups is 1. The fourth-order valence-corrected chi connectivity index (χ4v) is 1.95. The second kappa shape index (κ2) is 7.48. The highest BCUT2D eigenvalue weighted by atomic mass is 35.5. The first kappa shape index (κ1) is 15.9. The largest absolute Gasteiger partial charge is 0.331 e. The van der Waals surface area contributed by atoms with Gasteiger partial charge in [-0.1, -0.05) is 35.9 Å². The highest BCUT2D eigenvalue weighted by Crippen LogP contribution is 2.24. The lowest BCUT2D eigenvalue weighted by Gasteiger charge is -2.06. The van der Waals surface area contributed by atoms with Crippen molar-refractivity contribution in [2.24, 2.45) is 5.10 Å². The van der Waals surface area contributed by atoms with Crippen molar-refractivity contribution >= 4 is 46.5 Å². The molecule has 0 unspecified atom stereocenters. The maximum atomic E-state index is 10.8. The van der Waals surface area contributed by atoms with Crippen LogP contribution in [0.25, 0.3) is 0 Å². The van der Waals surface area contributed by atoms with Crippen LogP contribution in [0.1, 0.15) is 5.56 Å². The van der Waals surface area contributed by atoms with E-state index in [9.17, 15) is 10.1 Å². The second-order valence-corrected chi connectivity index (χ2v) is 4.97. The molecule has 0 saturated carbocycles. The third kappa shape index (κ3) is 4.51. The first-order chi connectivity index (χ1) is 10.6. The Morgan fingerprint density at radius 3 is 2.68 bits per heavy atom. The quantitative estimate of drug-likeness (QED) is 0.387. The topological polar surface area (TPSA) is 79.6 Å². The van der Waals surface area contributed by atoms with Gasteiger partial charge in [0, 0.05) is 17.3 Å². The van der Waals surface area contributed by atoms with Crippen LogP contribution in [-0.2, 0) is 0 Å². The summed E-state index contributed by atoms with van der Waals surface area (Å²) in [5.41, 5.74) is 3.82. The highest BCUT2D eigenvalue weighted by molar-refractivity contribution is 7.80. The number of anilines is 1. The molecule has 2 aromatic carbocycles. The summed E-state index contributed by atoms with van der Waals surface area (Å²) >= 11 is 10.8. The number of rotatable bonds is 4. The van der Waals surface area contributed by atoms with Crippen LogP contribution in [-0.4, -0.2) is 16.3 Å². The third-order valence-electron chi connectivity index (χ3n) is 2.58. The van der Waals surface area contributed by atoms with Gasteiger partial charge in [0.05, 0.1) is 11.1 Å². The molecule has 0 spiro atoms. The molecule has 0 aliphatic carbocycles. The van der Waals surface area contributed by atoms with Gasteiger partial charge in [0.2, 0.25) is 0 Å². The summed E-state index contributed by atoms with van der Waals surface area (Å²) in [7, 11) is 0. The van der Waals surface area contributed by atoms with Crippen molar-refractivity contribution in [1.82, 2.24) is 5.43 Å². The summed E-state index contributed by atoms with van der Waals surface area (Å²) in [6.45, 7) is 0. The molecule has 0 aromatic heterocycles. The Labute approximate surface area is 136 Å². The van der Waals surface area contributed by atoms with Crippen molar-refractivity contribution in [2.45, 2.75) is 0 Å². The van der Waals surface area contributed by atoms with Gasteiger partial charge in [-0.15, -0.1) is 0 Å². The van der Waals surface area contributed by atoms with Crippen LogP contribution < -0.4 is 10.7 Å². The maximum Gasteiger partial charge on any atom is 0.288 e. The van der Waals surface area contributed by atoms with Crippen molar-refractivity contribution in [1.29, 1.82) is 0 Å².